The van der Waals surface area contributed by atoms with Gasteiger partial charge in [0.15, 0.2) is 0 Å². The van der Waals surface area contributed by atoms with Crippen LogP contribution in [0.4, 0.5) is 4.39 Å². The molecule has 2 unspecified atom stereocenters. The van der Waals surface area contributed by atoms with Crippen LogP contribution in [0, 0.1) is 5.82 Å². The number of hydrogen-bond acceptors (Lipinski definition) is 4. The van der Waals surface area contributed by atoms with E-state index in [1.807, 2.05) is 18.2 Å². The quantitative estimate of drug-likeness (QED) is 0.726. The predicted octanol–water partition coefficient (Wildman–Crippen LogP) is 1.99. The Morgan fingerprint density at radius 3 is 2.67 bits per heavy atom. The first-order chi connectivity index (χ1) is 11.6. The van der Waals surface area contributed by atoms with Gasteiger partial charge in [-0.25, -0.2) is 4.39 Å². The minimum absolute atomic E-state index is 0.0183. The molecule has 1 aliphatic rings. The summed E-state index contributed by atoms with van der Waals surface area (Å²) in [5, 5.41) is 23.3. The third kappa shape index (κ3) is 3.59. The second-order valence-corrected chi connectivity index (χ2v) is 6.20. The lowest BCUT2D eigenvalue weighted by Crippen LogP contribution is -2.48. The van der Waals surface area contributed by atoms with Gasteiger partial charge in [-0.1, -0.05) is 24.3 Å². The van der Waals surface area contributed by atoms with Crippen LogP contribution in [0.1, 0.15) is 17.5 Å². The lowest BCUT2D eigenvalue weighted by molar-refractivity contribution is 0.0833. The number of benzene rings is 2. The number of aliphatic hydroxyl groups excluding tert-OH is 2. The number of aliphatic hydroxyl groups is 2. The van der Waals surface area contributed by atoms with Crippen LogP contribution in [0.15, 0.2) is 48.5 Å². The monoisotopic (exact) mass is 331 g/mol. The van der Waals surface area contributed by atoms with Crippen molar-refractivity contribution in [2.24, 2.45) is 0 Å². The van der Waals surface area contributed by atoms with Crippen LogP contribution in [0.5, 0.6) is 5.75 Å². The molecule has 4 nitrogen and oxygen atoms in total. The summed E-state index contributed by atoms with van der Waals surface area (Å²) in [4.78, 5) is 0. The predicted molar refractivity (Wildman–Crippen MR) is 89.4 cm³/mol. The largest absolute Gasteiger partial charge is 0.491 e. The van der Waals surface area contributed by atoms with Crippen molar-refractivity contribution < 1.29 is 19.3 Å². The molecule has 128 valence electrons. The van der Waals surface area contributed by atoms with Crippen LogP contribution in [-0.2, 0) is 12.0 Å². The van der Waals surface area contributed by atoms with Crippen LogP contribution in [-0.4, -0.2) is 36.1 Å². The molecular weight excluding hydrogens is 309 g/mol. The van der Waals surface area contributed by atoms with Crippen molar-refractivity contribution in [3.63, 3.8) is 0 Å². The molecule has 3 rings (SSSR count). The summed E-state index contributed by atoms with van der Waals surface area (Å²) in [5.41, 5.74) is 1.82. The molecule has 3 N–H and O–H groups in total. The van der Waals surface area contributed by atoms with Gasteiger partial charge in [-0.3, -0.25) is 0 Å². The fraction of sp³-hybridized carbons (Fsp3) is 0.368. The van der Waals surface area contributed by atoms with E-state index in [1.54, 1.807) is 0 Å². The number of ether oxygens (including phenoxy) is 1. The maximum atomic E-state index is 12.8. The molecule has 5 heteroatoms. The van der Waals surface area contributed by atoms with Gasteiger partial charge in [0.25, 0.3) is 0 Å². The van der Waals surface area contributed by atoms with Crippen LogP contribution in [0.3, 0.4) is 0 Å². The number of aryl methyl sites for hydroxylation is 1. The Labute approximate surface area is 140 Å². The van der Waals surface area contributed by atoms with Gasteiger partial charge >= 0.3 is 0 Å². The van der Waals surface area contributed by atoms with Gasteiger partial charge in [0.05, 0.1) is 12.1 Å². The standard InChI is InChI=1S/C19H22FNO3/c20-15-5-7-17(8-6-15)24-12-16(23)11-21-19(13-22)10-9-14-3-1-2-4-18(14)19/h1-8,16,21-23H,9-13H2. The third-order valence-corrected chi connectivity index (χ3v) is 4.56. The van der Waals surface area contributed by atoms with Crippen molar-refractivity contribution in [2.45, 2.75) is 24.5 Å². The molecular formula is C19H22FNO3. The molecule has 2 aromatic rings. The highest BCUT2D eigenvalue weighted by Gasteiger charge is 2.37. The summed E-state index contributed by atoms with van der Waals surface area (Å²) in [6.45, 7) is 0.382. The van der Waals surface area contributed by atoms with E-state index in [0.29, 0.717) is 12.3 Å². The molecule has 0 fully saturated rings. The summed E-state index contributed by atoms with van der Waals surface area (Å²) >= 11 is 0. The Hall–Kier alpha value is -1.95. The maximum Gasteiger partial charge on any atom is 0.123 e. The molecule has 0 heterocycles. The molecule has 0 aliphatic heterocycles. The van der Waals surface area contributed by atoms with E-state index in [1.165, 1.54) is 29.8 Å². The molecule has 0 saturated heterocycles. The molecule has 0 aromatic heterocycles. The van der Waals surface area contributed by atoms with E-state index in [2.05, 4.69) is 11.4 Å². The van der Waals surface area contributed by atoms with Crippen LogP contribution >= 0.6 is 0 Å². The van der Waals surface area contributed by atoms with Gasteiger partial charge < -0.3 is 20.3 Å². The number of fused-ring (bicyclic) bond motifs is 1. The third-order valence-electron chi connectivity index (χ3n) is 4.56. The Kier molecular flexibility index (Phi) is 5.14. The minimum atomic E-state index is -0.730. The summed E-state index contributed by atoms with van der Waals surface area (Å²) in [7, 11) is 0. The smallest absolute Gasteiger partial charge is 0.123 e. The molecule has 0 spiro atoms. The first-order valence-electron chi connectivity index (χ1n) is 8.14. The fourth-order valence-corrected chi connectivity index (χ4v) is 3.19. The lowest BCUT2D eigenvalue weighted by atomic mass is 9.92. The molecule has 0 amide bonds. The SMILES string of the molecule is OCC1(NCC(O)COc2ccc(F)cc2)CCc2ccccc21. The molecule has 2 atom stereocenters. The van der Waals surface area contributed by atoms with E-state index in [-0.39, 0.29) is 19.0 Å². The minimum Gasteiger partial charge on any atom is -0.491 e. The number of nitrogens with one attached hydrogen (secondary N) is 1. The zero-order valence-corrected chi connectivity index (χ0v) is 13.4. The van der Waals surface area contributed by atoms with Crippen molar-refractivity contribution in [1.29, 1.82) is 0 Å². The van der Waals surface area contributed by atoms with E-state index in [4.69, 9.17) is 4.74 Å². The highest BCUT2D eigenvalue weighted by atomic mass is 19.1. The Balaban J connectivity index is 1.55. The lowest BCUT2D eigenvalue weighted by Gasteiger charge is -2.31. The molecule has 24 heavy (non-hydrogen) atoms. The zero-order valence-electron chi connectivity index (χ0n) is 13.4. The average molecular weight is 331 g/mol. The van der Waals surface area contributed by atoms with Gasteiger partial charge in [0.2, 0.25) is 0 Å². The van der Waals surface area contributed by atoms with Crippen LogP contribution in [0.2, 0.25) is 0 Å². The second kappa shape index (κ2) is 7.30. The molecule has 2 aromatic carbocycles. The molecule has 0 bridgehead atoms. The second-order valence-electron chi connectivity index (χ2n) is 6.20. The average Bonchev–Trinajstić information content (AvgIpc) is 2.99. The number of rotatable bonds is 7. The van der Waals surface area contributed by atoms with Gasteiger partial charge in [-0.2, -0.15) is 0 Å². The van der Waals surface area contributed by atoms with E-state index >= 15 is 0 Å². The number of hydrogen-bond donors (Lipinski definition) is 3. The van der Waals surface area contributed by atoms with Crippen molar-refractivity contribution in [3.05, 3.63) is 65.5 Å². The first kappa shape index (κ1) is 16.9. The molecule has 0 saturated carbocycles. The van der Waals surface area contributed by atoms with Crippen molar-refractivity contribution >= 4 is 0 Å². The van der Waals surface area contributed by atoms with Crippen LogP contribution < -0.4 is 10.1 Å². The van der Waals surface area contributed by atoms with Crippen molar-refractivity contribution in [2.75, 3.05) is 19.8 Å². The normalized spacial score (nSPS) is 20.6. The first-order valence-corrected chi connectivity index (χ1v) is 8.14. The summed E-state index contributed by atoms with van der Waals surface area (Å²) in [5.74, 6) is 0.188. The topological polar surface area (TPSA) is 61.7 Å². The fourth-order valence-electron chi connectivity index (χ4n) is 3.19. The number of halogens is 1. The molecule has 1 aliphatic carbocycles. The van der Waals surface area contributed by atoms with Crippen molar-refractivity contribution in [1.82, 2.24) is 5.32 Å². The summed E-state index contributed by atoms with van der Waals surface area (Å²) in [6, 6.07) is 13.7. The van der Waals surface area contributed by atoms with Gasteiger partial charge in [-0.15, -0.1) is 0 Å². The van der Waals surface area contributed by atoms with Crippen LogP contribution in [0.25, 0.3) is 0 Å². The Morgan fingerprint density at radius 1 is 1.17 bits per heavy atom. The summed E-state index contributed by atoms with van der Waals surface area (Å²) < 4.78 is 18.3. The zero-order chi connectivity index (χ0) is 17.0. The van der Waals surface area contributed by atoms with Gasteiger partial charge in [0.1, 0.15) is 24.3 Å². The highest BCUT2D eigenvalue weighted by Crippen LogP contribution is 2.36. The van der Waals surface area contributed by atoms with Gasteiger partial charge in [-0.05, 0) is 48.2 Å². The van der Waals surface area contributed by atoms with Crippen molar-refractivity contribution in [3.8, 4) is 5.75 Å². The van der Waals surface area contributed by atoms with E-state index in [9.17, 15) is 14.6 Å². The Morgan fingerprint density at radius 2 is 1.92 bits per heavy atom. The van der Waals surface area contributed by atoms with E-state index in [0.717, 1.165) is 18.4 Å². The van der Waals surface area contributed by atoms with E-state index < -0.39 is 11.6 Å². The Bertz CT molecular complexity index is 677. The molecule has 0 radical (unpaired) electrons. The van der Waals surface area contributed by atoms with Gasteiger partial charge in [0, 0.05) is 6.54 Å². The summed E-state index contributed by atoms with van der Waals surface area (Å²) in [6.07, 6.45) is 0.978. The maximum absolute atomic E-state index is 12.8. The highest BCUT2D eigenvalue weighted by molar-refractivity contribution is 5.38.